The number of likely N-dealkylation sites (tertiary alicyclic amines) is 1. The van der Waals surface area contributed by atoms with Gasteiger partial charge < -0.3 is 24.5 Å². The van der Waals surface area contributed by atoms with Crippen molar-refractivity contribution in [1.29, 1.82) is 0 Å². The molecule has 15 nitrogen and oxygen atoms in total. The molecule has 0 spiro atoms. The molecule has 3 fully saturated rings. The highest BCUT2D eigenvalue weighted by Gasteiger charge is 2.33. The van der Waals surface area contributed by atoms with Crippen molar-refractivity contribution < 1.29 is 29.0 Å². The predicted octanol–water partition coefficient (Wildman–Crippen LogP) is 9.13. The number of hydrogen-bond acceptors (Lipinski definition) is 12. The number of benzene rings is 4. The van der Waals surface area contributed by atoms with Gasteiger partial charge in [-0.15, -0.1) is 0 Å². The van der Waals surface area contributed by atoms with Gasteiger partial charge in [0, 0.05) is 67.9 Å². The highest BCUT2D eigenvalue weighted by molar-refractivity contribution is 7.22. The molecule has 7 aromatic rings. The Morgan fingerprint density at radius 2 is 1.67 bits per heavy atom. The van der Waals surface area contributed by atoms with Crippen LogP contribution in [0.1, 0.15) is 101 Å². The molecular weight excluding hydrogens is 927 g/mol. The second kappa shape index (κ2) is 20.1. The average Bonchev–Trinajstić information content (AvgIpc) is 3.96. The van der Waals surface area contributed by atoms with Gasteiger partial charge in [0.15, 0.2) is 10.8 Å². The second-order valence-corrected chi connectivity index (χ2v) is 20.8. The number of carbonyl (C=O) groups is 4. The number of carboxylic acid groups (broad SMARTS) is 1. The molecule has 370 valence electrons. The summed E-state index contributed by atoms with van der Waals surface area (Å²) >= 11 is 1.44. The van der Waals surface area contributed by atoms with Gasteiger partial charge >= 0.3 is 5.97 Å². The van der Waals surface area contributed by atoms with Crippen molar-refractivity contribution in [2.45, 2.75) is 83.2 Å². The summed E-state index contributed by atoms with van der Waals surface area (Å²) in [5.41, 5.74) is 8.48. The largest absolute Gasteiger partial charge is 0.493 e. The van der Waals surface area contributed by atoms with Crippen LogP contribution in [-0.4, -0.2) is 98.8 Å². The molecule has 1 atom stereocenters. The maximum Gasteiger partial charge on any atom is 0.355 e. The average molecular weight is 986 g/mol. The zero-order valence-electron chi connectivity index (χ0n) is 40.7. The minimum absolute atomic E-state index is 0.0246. The van der Waals surface area contributed by atoms with E-state index in [0.29, 0.717) is 73.0 Å². The number of thiazole rings is 1. The maximum atomic E-state index is 13.7. The molecule has 3 saturated heterocycles. The van der Waals surface area contributed by atoms with Gasteiger partial charge in [0.25, 0.3) is 5.91 Å². The Bertz CT molecular complexity index is 3190. The molecule has 4 aromatic carbocycles. The number of aromatic nitrogens is 4. The van der Waals surface area contributed by atoms with E-state index in [4.69, 9.17) is 14.8 Å². The molecule has 7 heterocycles. The van der Waals surface area contributed by atoms with E-state index in [1.54, 1.807) is 0 Å². The number of piperidine rings is 3. The minimum atomic E-state index is -1.11. The lowest BCUT2D eigenvalue weighted by atomic mass is 9.90. The SMILES string of the molecule is Cc1c(OCCCC2CCN(C3CCN(c4ccc5c(C6CCC(=O)NC6=O)nn(C)c5c4)CC3)CC2)cccc1-c1ccc(N2CCc3cccc(C(=O)Nc4nc5ccccc5s4)c3C2)nc1C(=O)O. The smallest absolute Gasteiger partial charge is 0.355 e. The van der Waals surface area contributed by atoms with Crippen LogP contribution in [-0.2, 0) is 29.6 Å². The van der Waals surface area contributed by atoms with Crippen molar-refractivity contribution in [3.05, 3.63) is 125 Å². The number of nitrogens with zero attached hydrogens (tertiary/aromatic N) is 7. The number of carbonyl (C=O) groups excluding carboxylic acids is 3. The van der Waals surface area contributed by atoms with E-state index in [1.807, 2.05) is 96.3 Å². The third-order valence-corrected chi connectivity index (χ3v) is 16.4. The zero-order valence-corrected chi connectivity index (χ0v) is 41.5. The Kier molecular flexibility index (Phi) is 13.2. The molecule has 11 rings (SSSR count). The van der Waals surface area contributed by atoms with Gasteiger partial charge in [-0.1, -0.05) is 47.7 Å². The summed E-state index contributed by atoms with van der Waals surface area (Å²) in [6.45, 7) is 7.85. The van der Waals surface area contributed by atoms with E-state index in [2.05, 4.69) is 43.6 Å². The summed E-state index contributed by atoms with van der Waals surface area (Å²) in [4.78, 5) is 67.4. The number of carboxylic acids is 1. The van der Waals surface area contributed by atoms with Gasteiger partial charge in [-0.3, -0.25) is 29.7 Å². The standard InChI is InChI=1S/C56H59N9O6S/c1-34-39(40-17-19-49(58-52(40)55(69)70)65-28-23-36-9-5-11-41(44(36)33-65)53(67)60-56-57-45-12-3-4-14-48(45)72-56)10-6-13-47(34)71-31-7-8-35-21-26-63(27-22-35)37-24-29-64(30-25-37)38-15-16-42-46(32-38)62(2)61-51(42)43-18-20-50(66)59-54(43)68/h3-6,9-17,19,32,35,37,43H,7-8,18,20-31,33H2,1-2H3,(H,69,70)(H,57,60,67)(H,59,66,68). The van der Waals surface area contributed by atoms with Crippen molar-refractivity contribution in [3.8, 4) is 16.9 Å². The summed E-state index contributed by atoms with van der Waals surface area (Å²) in [7, 11) is 1.92. The molecule has 72 heavy (non-hydrogen) atoms. The van der Waals surface area contributed by atoms with Gasteiger partial charge in [0.2, 0.25) is 11.8 Å². The Morgan fingerprint density at radius 1 is 0.847 bits per heavy atom. The molecule has 4 aliphatic heterocycles. The number of pyridine rings is 1. The molecule has 16 heteroatoms. The van der Waals surface area contributed by atoms with Crippen LogP contribution >= 0.6 is 11.3 Å². The Morgan fingerprint density at radius 3 is 2.47 bits per heavy atom. The first-order valence-corrected chi connectivity index (χ1v) is 26.2. The number of rotatable bonds is 13. The second-order valence-electron chi connectivity index (χ2n) is 19.8. The van der Waals surface area contributed by atoms with Gasteiger partial charge in [-0.2, -0.15) is 5.10 Å². The van der Waals surface area contributed by atoms with Crippen LogP contribution in [0.25, 0.3) is 32.2 Å². The van der Waals surface area contributed by atoms with Gasteiger partial charge in [-0.25, -0.2) is 14.8 Å². The topological polar surface area (TPSA) is 175 Å². The first-order valence-electron chi connectivity index (χ1n) is 25.3. The summed E-state index contributed by atoms with van der Waals surface area (Å²) in [6, 6.07) is 30.1. The number of amides is 3. The summed E-state index contributed by atoms with van der Waals surface area (Å²) in [5, 5.41) is 22.2. The molecule has 3 aromatic heterocycles. The van der Waals surface area contributed by atoms with Crippen LogP contribution in [0.15, 0.2) is 91.0 Å². The van der Waals surface area contributed by atoms with Crippen molar-refractivity contribution in [2.75, 3.05) is 54.4 Å². The van der Waals surface area contributed by atoms with Crippen LogP contribution < -0.4 is 25.2 Å². The summed E-state index contributed by atoms with van der Waals surface area (Å²) in [6.07, 6.45) is 8.19. The van der Waals surface area contributed by atoms with Crippen LogP contribution in [0.2, 0.25) is 0 Å². The zero-order chi connectivity index (χ0) is 49.5. The number of fused-ring (bicyclic) bond motifs is 3. The number of anilines is 3. The van der Waals surface area contributed by atoms with Crippen LogP contribution in [0.4, 0.5) is 16.6 Å². The number of ether oxygens (including phenoxy) is 1. The third-order valence-electron chi connectivity index (χ3n) is 15.5. The summed E-state index contributed by atoms with van der Waals surface area (Å²) in [5.74, 6) is -0.259. The first-order chi connectivity index (χ1) is 35.0. The normalized spacial score (nSPS) is 18.1. The molecule has 3 amide bonds. The fraction of sp³-hybridized carbons (Fsp3) is 0.375. The molecular formula is C56H59N9O6S. The first kappa shape index (κ1) is 47.2. The van der Waals surface area contributed by atoms with E-state index < -0.39 is 11.9 Å². The molecule has 0 aliphatic carbocycles. The minimum Gasteiger partial charge on any atom is -0.493 e. The van der Waals surface area contributed by atoms with Crippen molar-refractivity contribution in [3.63, 3.8) is 0 Å². The van der Waals surface area contributed by atoms with E-state index >= 15 is 0 Å². The number of aryl methyl sites for hydroxylation is 1. The van der Waals surface area contributed by atoms with Gasteiger partial charge in [0.05, 0.1) is 34.0 Å². The number of aromatic carboxylic acids is 1. The number of hydrogen-bond donors (Lipinski definition) is 3. The number of para-hydroxylation sites is 1. The maximum absolute atomic E-state index is 13.7. The third kappa shape index (κ3) is 9.52. The van der Waals surface area contributed by atoms with Gasteiger partial charge in [-0.05, 0) is 154 Å². The molecule has 0 radical (unpaired) electrons. The Balaban J connectivity index is 0.660. The Labute approximate surface area is 422 Å². The fourth-order valence-corrected chi connectivity index (χ4v) is 12.3. The molecule has 0 saturated carbocycles. The van der Waals surface area contributed by atoms with Gasteiger partial charge in [0.1, 0.15) is 11.6 Å². The Hall–Kier alpha value is -7.17. The van der Waals surface area contributed by atoms with Crippen molar-refractivity contribution in [2.24, 2.45) is 13.0 Å². The lowest BCUT2D eigenvalue weighted by Gasteiger charge is -2.42. The highest BCUT2D eigenvalue weighted by atomic mass is 32.1. The summed E-state index contributed by atoms with van der Waals surface area (Å²) < 4.78 is 9.26. The predicted molar refractivity (Wildman–Crippen MR) is 280 cm³/mol. The molecule has 0 bridgehead atoms. The van der Waals surface area contributed by atoms with E-state index in [0.717, 1.165) is 107 Å². The fourth-order valence-electron chi connectivity index (χ4n) is 11.5. The monoisotopic (exact) mass is 985 g/mol. The highest BCUT2D eigenvalue weighted by Crippen LogP contribution is 2.37. The van der Waals surface area contributed by atoms with Crippen LogP contribution in [0.5, 0.6) is 5.75 Å². The van der Waals surface area contributed by atoms with E-state index in [9.17, 15) is 24.3 Å². The number of nitrogens with one attached hydrogen (secondary N) is 2. The van der Waals surface area contributed by atoms with Crippen LogP contribution in [0, 0.1) is 12.8 Å². The van der Waals surface area contributed by atoms with Crippen LogP contribution in [0.3, 0.4) is 0 Å². The quantitative estimate of drug-likeness (QED) is 0.0740. The van der Waals surface area contributed by atoms with Crippen molar-refractivity contribution in [1.82, 2.24) is 30.0 Å². The molecule has 3 N–H and O–H groups in total. The number of imide groups is 1. The lowest BCUT2D eigenvalue weighted by Crippen LogP contribution is -2.47. The molecule has 4 aliphatic rings. The van der Waals surface area contributed by atoms with E-state index in [-0.39, 0.29) is 23.4 Å². The van der Waals surface area contributed by atoms with Crippen molar-refractivity contribution >= 4 is 72.8 Å². The lowest BCUT2D eigenvalue weighted by molar-refractivity contribution is -0.134. The molecule has 1 unspecified atom stereocenters. The van der Waals surface area contributed by atoms with E-state index in [1.165, 1.54) is 29.9 Å².